The molecule has 1 aliphatic carbocycles. The normalized spacial score (nSPS) is 12.3. The molecular weight excluding hydrogens is 1190 g/mol. The highest BCUT2D eigenvalue weighted by atomic mass is 19.4. The van der Waals surface area contributed by atoms with Crippen molar-refractivity contribution in [2.45, 2.75) is 6.18 Å². The number of para-hydroxylation sites is 6. The lowest BCUT2D eigenvalue weighted by Crippen LogP contribution is -2.05. The van der Waals surface area contributed by atoms with E-state index in [2.05, 4.69) is 291 Å². The van der Waals surface area contributed by atoms with Crippen LogP contribution in [-0.2, 0) is 6.18 Å². The number of nitrogens with zero attached hydrogens (tertiary/aromatic N) is 6. The summed E-state index contributed by atoms with van der Waals surface area (Å²) in [5.74, 6) is 0.440. The highest BCUT2D eigenvalue weighted by molar-refractivity contribution is 6.18. The van der Waals surface area contributed by atoms with Crippen LogP contribution >= 0.6 is 0 Å². The van der Waals surface area contributed by atoms with Crippen molar-refractivity contribution < 1.29 is 13.2 Å². The molecule has 0 radical (unpaired) electrons. The van der Waals surface area contributed by atoms with Gasteiger partial charge in [0.05, 0.1) is 61.1 Å². The van der Waals surface area contributed by atoms with Gasteiger partial charge in [-0.05, 0) is 166 Å². The summed E-state index contributed by atoms with van der Waals surface area (Å²) in [6.07, 6.45) is -4.52. The summed E-state index contributed by atoms with van der Waals surface area (Å²) in [5, 5.41) is 11.2. The number of rotatable bonds is 8. The largest absolute Gasteiger partial charge is 0.416 e. The van der Waals surface area contributed by atoms with Crippen molar-refractivity contribution in [3.63, 3.8) is 0 Å². The maximum atomic E-state index is 14.3. The molecule has 5 aromatic heterocycles. The minimum atomic E-state index is -4.52. The number of hydrogen-bond acceptors (Lipinski definition) is 2. The first-order valence-corrected chi connectivity index (χ1v) is 32.3. The molecule has 450 valence electrons. The SMILES string of the molecule is FC(F)(F)c1ccc(-c2nc(-c3cc(-n4c5ccccc5c5cc(-c6ccc7c(c6)c6ccccc6n7-c6ccccc6)ccc54)cc(-n4c5ccccc5c5cc(-c6ccc7c(c6)c6ccccc6n7-c6ccccc6)ccc54)c3)nc3c2-c2cccc4cccc-3c24)cc1. The van der Waals surface area contributed by atoms with E-state index in [0.29, 0.717) is 17.1 Å². The van der Waals surface area contributed by atoms with Gasteiger partial charge in [-0.1, -0.05) is 182 Å². The van der Waals surface area contributed by atoms with Crippen LogP contribution in [0.5, 0.6) is 0 Å². The zero-order valence-electron chi connectivity index (χ0n) is 51.3. The topological polar surface area (TPSA) is 45.5 Å². The van der Waals surface area contributed by atoms with Gasteiger partial charge in [0.2, 0.25) is 0 Å². The third-order valence-electron chi connectivity index (χ3n) is 19.9. The molecule has 20 rings (SSSR count). The third kappa shape index (κ3) is 8.07. The van der Waals surface area contributed by atoms with Crippen molar-refractivity contribution >= 4 is 98.0 Å². The molecule has 0 saturated heterocycles. The van der Waals surface area contributed by atoms with E-state index in [1.54, 1.807) is 12.1 Å². The zero-order valence-corrected chi connectivity index (χ0v) is 51.3. The van der Waals surface area contributed by atoms with Crippen molar-refractivity contribution in [1.82, 2.24) is 28.2 Å². The maximum Gasteiger partial charge on any atom is 0.416 e. The van der Waals surface area contributed by atoms with E-state index >= 15 is 0 Å². The van der Waals surface area contributed by atoms with Crippen LogP contribution < -0.4 is 0 Å². The molecule has 14 aromatic carbocycles. The minimum Gasteiger partial charge on any atom is -0.309 e. The fraction of sp³-hybridized carbons (Fsp3) is 0.0115. The number of alkyl halides is 3. The summed E-state index contributed by atoms with van der Waals surface area (Å²) < 4.78 is 52.4. The van der Waals surface area contributed by atoms with E-state index in [0.717, 1.165) is 162 Å². The lowest BCUT2D eigenvalue weighted by molar-refractivity contribution is -0.137. The summed E-state index contributed by atoms with van der Waals surface area (Å²) in [6.45, 7) is 0. The second-order valence-electron chi connectivity index (χ2n) is 25.2. The van der Waals surface area contributed by atoms with Gasteiger partial charge in [-0.3, -0.25) is 0 Å². The molecule has 5 heterocycles. The fourth-order valence-corrected chi connectivity index (χ4v) is 15.7. The van der Waals surface area contributed by atoms with Crippen molar-refractivity contribution in [2.75, 3.05) is 0 Å². The summed E-state index contributed by atoms with van der Waals surface area (Å²) >= 11 is 0. The number of halogens is 3. The Balaban J connectivity index is 0.808. The van der Waals surface area contributed by atoms with Gasteiger partial charge >= 0.3 is 6.18 Å². The highest BCUT2D eigenvalue weighted by Crippen LogP contribution is 2.51. The Hall–Kier alpha value is -12.6. The lowest BCUT2D eigenvalue weighted by atomic mass is 9.98. The van der Waals surface area contributed by atoms with Crippen LogP contribution in [0.3, 0.4) is 0 Å². The Labute approximate surface area is 547 Å². The van der Waals surface area contributed by atoms with Crippen LogP contribution in [0, 0.1) is 0 Å². The summed E-state index contributed by atoms with van der Waals surface area (Å²) in [4.78, 5) is 11.1. The molecule has 0 fully saturated rings. The van der Waals surface area contributed by atoms with E-state index in [9.17, 15) is 13.2 Å². The zero-order chi connectivity index (χ0) is 63.5. The van der Waals surface area contributed by atoms with Gasteiger partial charge in [-0.25, -0.2) is 9.97 Å². The van der Waals surface area contributed by atoms with Crippen LogP contribution in [0.4, 0.5) is 13.2 Å². The molecule has 0 spiro atoms. The second kappa shape index (κ2) is 20.5. The molecule has 6 nitrogen and oxygen atoms in total. The standard InChI is InChI=1S/C87H51F3N6/c88-87(89,90)59-39-33-53(34-40-59)84-83-68-27-15-17-52-18-16-28-69(82(52)68)85(83)92-86(91-84)58-45-62(95-76-31-13-9-25-66(76)72-49-56(37-43-80(72)95)54-35-41-78-70(47-54)64-23-7-11-29-74(64)93(78)60-19-3-1-4-20-60)51-63(46-58)96-77-32-14-10-26-67(77)73-50-57(38-44-81(73)96)55-36-42-79-71(48-55)65-24-8-12-30-75(65)94(79)61-21-5-2-6-22-61/h1-51H. The van der Waals surface area contributed by atoms with E-state index < -0.39 is 11.7 Å². The molecule has 9 heteroatoms. The van der Waals surface area contributed by atoms with Gasteiger partial charge in [-0.15, -0.1) is 0 Å². The van der Waals surface area contributed by atoms with Crippen LogP contribution in [0.25, 0.3) is 188 Å². The van der Waals surface area contributed by atoms with Gasteiger partial charge < -0.3 is 18.3 Å². The molecule has 0 N–H and O–H groups in total. The maximum absolute atomic E-state index is 14.3. The first-order valence-electron chi connectivity index (χ1n) is 32.3. The van der Waals surface area contributed by atoms with E-state index in [4.69, 9.17) is 9.97 Å². The highest BCUT2D eigenvalue weighted by Gasteiger charge is 2.32. The van der Waals surface area contributed by atoms with Crippen molar-refractivity contribution in [3.8, 4) is 90.0 Å². The molecule has 0 saturated carbocycles. The molecule has 19 aromatic rings. The van der Waals surface area contributed by atoms with Gasteiger partial charge in [0.25, 0.3) is 0 Å². The Morgan fingerprint density at radius 1 is 0.250 bits per heavy atom. The van der Waals surface area contributed by atoms with Crippen LogP contribution in [0.15, 0.2) is 309 Å². The average Bonchev–Trinajstić information content (AvgIpc) is 1.16. The molecule has 0 amide bonds. The smallest absolute Gasteiger partial charge is 0.309 e. The lowest BCUT2D eigenvalue weighted by Gasteiger charge is -2.17. The molecule has 0 unspecified atom stereocenters. The number of hydrogen-bond donors (Lipinski definition) is 0. The van der Waals surface area contributed by atoms with E-state index in [1.807, 2.05) is 12.1 Å². The summed E-state index contributed by atoms with van der Waals surface area (Å²) in [5.41, 5.74) is 21.6. The molecule has 1 aliphatic rings. The quantitative estimate of drug-likeness (QED) is 0.152. The number of benzene rings is 14. The predicted octanol–water partition coefficient (Wildman–Crippen LogP) is 23.4. The van der Waals surface area contributed by atoms with Crippen LogP contribution in [0.2, 0.25) is 0 Å². The van der Waals surface area contributed by atoms with Crippen molar-refractivity contribution in [3.05, 3.63) is 315 Å². The monoisotopic (exact) mass is 1240 g/mol. The number of aromatic nitrogens is 6. The summed E-state index contributed by atoms with van der Waals surface area (Å²) in [7, 11) is 0. The van der Waals surface area contributed by atoms with Crippen LogP contribution in [0.1, 0.15) is 5.56 Å². The van der Waals surface area contributed by atoms with Gasteiger partial charge in [-0.2, -0.15) is 13.2 Å². The first kappa shape index (κ1) is 54.0. The van der Waals surface area contributed by atoms with E-state index in [-0.39, 0.29) is 0 Å². The molecule has 0 bridgehead atoms. The predicted molar refractivity (Wildman–Crippen MR) is 388 cm³/mol. The molecule has 0 atom stereocenters. The first-order chi connectivity index (χ1) is 47.2. The van der Waals surface area contributed by atoms with Crippen LogP contribution in [-0.4, -0.2) is 28.2 Å². The Morgan fingerprint density at radius 3 is 1.02 bits per heavy atom. The van der Waals surface area contributed by atoms with E-state index in [1.165, 1.54) is 21.5 Å². The Bertz CT molecular complexity index is 6190. The summed E-state index contributed by atoms with van der Waals surface area (Å²) in [6, 6.07) is 107. The third-order valence-corrected chi connectivity index (χ3v) is 19.9. The molecule has 0 aliphatic heterocycles. The Morgan fingerprint density at radius 2 is 0.604 bits per heavy atom. The Kier molecular flexibility index (Phi) is 11.5. The van der Waals surface area contributed by atoms with Gasteiger partial charge in [0, 0.05) is 88.1 Å². The average molecular weight is 1240 g/mol. The number of fused-ring (bicyclic) bond motifs is 15. The molecule has 96 heavy (non-hydrogen) atoms. The van der Waals surface area contributed by atoms with Gasteiger partial charge in [0.1, 0.15) is 0 Å². The minimum absolute atomic E-state index is 0.440. The van der Waals surface area contributed by atoms with Crippen molar-refractivity contribution in [2.24, 2.45) is 0 Å². The molecular formula is C87H51F3N6. The second-order valence-corrected chi connectivity index (χ2v) is 25.2. The van der Waals surface area contributed by atoms with Gasteiger partial charge in [0.15, 0.2) is 5.82 Å². The van der Waals surface area contributed by atoms with Crippen molar-refractivity contribution in [1.29, 1.82) is 0 Å². The fourth-order valence-electron chi connectivity index (χ4n) is 15.7.